The fourth-order valence-corrected chi connectivity index (χ4v) is 0.766. The van der Waals surface area contributed by atoms with Crippen LogP contribution in [0.5, 0.6) is 0 Å². The van der Waals surface area contributed by atoms with E-state index in [0.29, 0.717) is 5.76 Å². The third-order valence-corrected chi connectivity index (χ3v) is 1.33. The summed E-state index contributed by atoms with van der Waals surface area (Å²) in [4.78, 5) is 10.4. The lowest BCUT2D eigenvalue weighted by atomic mass is 10.2. The molecule has 1 aromatic heterocycles. The number of Topliss-reactive ketones (excluding diaryl/α,β-unsaturated/α-hetero) is 1. The Morgan fingerprint density at radius 2 is 2.23 bits per heavy atom. The van der Waals surface area contributed by atoms with Gasteiger partial charge in [-0.2, -0.15) is 13.2 Å². The summed E-state index contributed by atoms with van der Waals surface area (Å²) in [5.41, 5.74) is -0.000162. The molecule has 0 atom stereocenters. The van der Waals surface area contributed by atoms with Crippen LogP contribution in [0.4, 0.5) is 13.2 Å². The summed E-state index contributed by atoms with van der Waals surface area (Å²) in [6.07, 6.45) is -5.56. The van der Waals surface area contributed by atoms with E-state index >= 15 is 0 Å². The van der Waals surface area contributed by atoms with Crippen molar-refractivity contribution in [1.29, 1.82) is 0 Å². The molecular weight excluding hydrogens is 187 g/mol. The fraction of sp³-hybridized carbons (Fsp3) is 0.429. The average molecular weight is 193 g/mol. The molecule has 0 bridgehead atoms. The predicted octanol–water partition coefficient (Wildman–Crippen LogP) is 1.66. The highest BCUT2D eigenvalue weighted by atomic mass is 19.4. The number of carbonyl (C=O) groups is 1. The first-order chi connectivity index (χ1) is 5.89. The lowest BCUT2D eigenvalue weighted by Crippen LogP contribution is -2.24. The number of aromatic nitrogens is 1. The SMILES string of the molecule is Cc1cc(CC(=O)C(F)(F)F)no1. The van der Waals surface area contributed by atoms with Crippen molar-refractivity contribution in [3.63, 3.8) is 0 Å². The lowest BCUT2D eigenvalue weighted by Gasteiger charge is -2.01. The number of rotatable bonds is 2. The van der Waals surface area contributed by atoms with Gasteiger partial charge in [0, 0.05) is 6.07 Å². The number of hydrogen-bond donors (Lipinski definition) is 0. The first-order valence-corrected chi connectivity index (χ1v) is 3.42. The van der Waals surface area contributed by atoms with Gasteiger partial charge in [-0.25, -0.2) is 0 Å². The summed E-state index contributed by atoms with van der Waals surface area (Å²) in [5, 5.41) is 3.27. The van der Waals surface area contributed by atoms with E-state index in [1.165, 1.54) is 13.0 Å². The van der Waals surface area contributed by atoms with Gasteiger partial charge in [0.05, 0.1) is 12.1 Å². The van der Waals surface area contributed by atoms with Crippen molar-refractivity contribution in [3.05, 3.63) is 17.5 Å². The summed E-state index contributed by atoms with van der Waals surface area (Å²) in [6, 6.07) is 1.30. The standard InChI is InChI=1S/C7H6F3NO2/c1-4-2-5(11-13-4)3-6(12)7(8,9)10/h2H,3H2,1H3. The largest absolute Gasteiger partial charge is 0.450 e. The zero-order valence-electron chi connectivity index (χ0n) is 6.68. The molecule has 0 radical (unpaired) electrons. The van der Waals surface area contributed by atoms with Gasteiger partial charge in [0.1, 0.15) is 5.76 Å². The van der Waals surface area contributed by atoms with Crippen LogP contribution in [0, 0.1) is 6.92 Å². The van der Waals surface area contributed by atoms with E-state index in [2.05, 4.69) is 9.68 Å². The zero-order chi connectivity index (χ0) is 10.1. The molecule has 0 saturated carbocycles. The summed E-state index contributed by atoms with van der Waals surface area (Å²) >= 11 is 0. The number of nitrogens with zero attached hydrogens (tertiary/aromatic N) is 1. The highest BCUT2D eigenvalue weighted by Crippen LogP contribution is 2.18. The van der Waals surface area contributed by atoms with Gasteiger partial charge in [-0.05, 0) is 6.92 Å². The van der Waals surface area contributed by atoms with Crippen LogP contribution in [0.2, 0.25) is 0 Å². The average Bonchev–Trinajstić information content (AvgIpc) is 2.33. The topological polar surface area (TPSA) is 43.1 Å². The molecule has 13 heavy (non-hydrogen) atoms. The summed E-state index contributed by atoms with van der Waals surface area (Å²) < 4.78 is 39.7. The van der Waals surface area contributed by atoms with Crippen LogP contribution in [0.25, 0.3) is 0 Å². The smallest absolute Gasteiger partial charge is 0.361 e. The van der Waals surface area contributed by atoms with Gasteiger partial charge in [0.2, 0.25) is 5.78 Å². The highest BCUT2D eigenvalue weighted by Gasteiger charge is 2.38. The Labute approximate surface area is 71.5 Å². The molecule has 1 rings (SSSR count). The van der Waals surface area contributed by atoms with Crippen molar-refractivity contribution >= 4 is 5.78 Å². The van der Waals surface area contributed by atoms with Crippen molar-refractivity contribution in [3.8, 4) is 0 Å². The molecule has 0 aliphatic carbocycles. The Hall–Kier alpha value is -1.33. The highest BCUT2D eigenvalue weighted by molar-refractivity contribution is 5.85. The maximum atomic E-state index is 11.7. The lowest BCUT2D eigenvalue weighted by molar-refractivity contribution is -0.170. The van der Waals surface area contributed by atoms with Gasteiger partial charge in [-0.3, -0.25) is 4.79 Å². The first-order valence-electron chi connectivity index (χ1n) is 3.42. The quantitative estimate of drug-likeness (QED) is 0.717. The minimum Gasteiger partial charge on any atom is -0.361 e. The minimum absolute atomic E-state index is 0.000162. The van der Waals surface area contributed by atoms with Crippen molar-refractivity contribution < 1.29 is 22.5 Å². The molecule has 0 spiro atoms. The fourth-order valence-electron chi connectivity index (χ4n) is 0.766. The van der Waals surface area contributed by atoms with Crippen LogP contribution in [0.1, 0.15) is 11.5 Å². The monoisotopic (exact) mass is 193 g/mol. The molecule has 0 amide bonds. The van der Waals surface area contributed by atoms with Crippen molar-refractivity contribution in [2.45, 2.75) is 19.5 Å². The molecule has 0 N–H and O–H groups in total. The molecule has 0 saturated heterocycles. The van der Waals surface area contributed by atoms with Gasteiger partial charge in [-0.15, -0.1) is 0 Å². The van der Waals surface area contributed by atoms with Crippen LogP contribution in [0.15, 0.2) is 10.6 Å². The predicted molar refractivity (Wildman–Crippen MR) is 36.0 cm³/mol. The summed E-state index contributed by atoms with van der Waals surface area (Å²) in [6.45, 7) is 1.54. The van der Waals surface area contributed by atoms with E-state index in [1.807, 2.05) is 0 Å². The Morgan fingerprint density at radius 1 is 1.62 bits per heavy atom. The van der Waals surface area contributed by atoms with Gasteiger partial charge in [-0.1, -0.05) is 5.16 Å². The number of carbonyl (C=O) groups excluding carboxylic acids is 1. The molecule has 0 unspecified atom stereocenters. The molecule has 6 heteroatoms. The normalized spacial score (nSPS) is 11.7. The van der Waals surface area contributed by atoms with Crippen molar-refractivity contribution in [2.24, 2.45) is 0 Å². The number of hydrogen-bond acceptors (Lipinski definition) is 3. The van der Waals surface area contributed by atoms with Crippen LogP contribution in [-0.2, 0) is 11.2 Å². The second-order valence-corrected chi connectivity index (χ2v) is 2.53. The molecule has 1 aromatic rings. The van der Waals surface area contributed by atoms with E-state index in [-0.39, 0.29) is 5.69 Å². The van der Waals surface area contributed by atoms with Crippen LogP contribution in [0.3, 0.4) is 0 Å². The van der Waals surface area contributed by atoms with E-state index in [9.17, 15) is 18.0 Å². The van der Waals surface area contributed by atoms with E-state index in [4.69, 9.17) is 0 Å². The molecule has 0 aromatic carbocycles. The van der Waals surface area contributed by atoms with Gasteiger partial charge >= 0.3 is 6.18 Å². The summed E-state index contributed by atoms with van der Waals surface area (Å²) in [7, 11) is 0. The number of alkyl halides is 3. The second-order valence-electron chi connectivity index (χ2n) is 2.53. The number of halogens is 3. The number of aryl methyl sites for hydroxylation is 1. The number of ketones is 1. The molecule has 72 valence electrons. The molecule has 0 aliphatic rings. The molecule has 0 aliphatic heterocycles. The third-order valence-electron chi connectivity index (χ3n) is 1.33. The maximum Gasteiger partial charge on any atom is 0.450 e. The minimum atomic E-state index is -4.80. The Balaban J connectivity index is 2.65. The molecule has 0 fully saturated rings. The Bertz CT molecular complexity index is 316. The van der Waals surface area contributed by atoms with E-state index < -0.39 is 18.4 Å². The molecule has 1 heterocycles. The molecular formula is C7H6F3NO2. The van der Waals surface area contributed by atoms with Gasteiger partial charge in [0.25, 0.3) is 0 Å². The van der Waals surface area contributed by atoms with Gasteiger partial charge < -0.3 is 4.52 Å². The zero-order valence-corrected chi connectivity index (χ0v) is 6.68. The van der Waals surface area contributed by atoms with Crippen molar-refractivity contribution in [2.75, 3.05) is 0 Å². The second kappa shape index (κ2) is 3.20. The first kappa shape index (κ1) is 9.76. The summed E-state index contributed by atoms with van der Waals surface area (Å²) in [5.74, 6) is -1.44. The van der Waals surface area contributed by atoms with Crippen LogP contribution < -0.4 is 0 Å². The maximum absolute atomic E-state index is 11.7. The van der Waals surface area contributed by atoms with Crippen LogP contribution >= 0.6 is 0 Å². The Kier molecular flexibility index (Phi) is 2.40. The Morgan fingerprint density at radius 3 is 2.62 bits per heavy atom. The molecule has 3 nitrogen and oxygen atoms in total. The van der Waals surface area contributed by atoms with Crippen LogP contribution in [-0.4, -0.2) is 17.1 Å². The van der Waals surface area contributed by atoms with E-state index in [0.717, 1.165) is 0 Å². The van der Waals surface area contributed by atoms with Gasteiger partial charge in [0.15, 0.2) is 0 Å². The third kappa shape index (κ3) is 2.57. The van der Waals surface area contributed by atoms with Crippen molar-refractivity contribution in [1.82, 2.24) is 5.16 Å². The van der Waals surface area contributed by atoms with E-state index in [1.54, 1.807) is 0 Å².